The molecule has 0 amide bonds. The Morgan fingerprint density at radius 2 is 2.18 bits per heavy atom. The van der Waals surface area contributed by atoms with Gasteiger partial charge < -0.3 is 25.0 Å². The number of hydrogen-bond acceptors (Lipinski definition) is 12. The average Bonchev–Trinajstić information content (AvgIpc) is 3.33. The van der Waals surface area contributed by atoms with Crippen molar-refractivity contribution in [3.05, 3.63) is 12.7 Å². The van der Waals surface area contributed by atoms with E-state index in [9.17, 15) is 14.0 Å². The monoisotopic (exact) mass is 557 g/mol. The van der Waals surface area contributed by atoms with Gasteiger partial charge in [0.05, 0.1) is 19.0 Å². The van der Waals surface area contributed by atoms with Gasteiger partial charge in [-0.3, -0.25) is 13.7 Å². The summed E-state index contributed by atoms with van der Waals surface area (Å²) in [6.45, 7) is 6.08. The highest BCUT2D eigenvalue weighted by Gasteiger charge is 2.40. The van der Waals surface area contributed by atoms with E-state index in [1.165, 1.54) is 12.7 Å². The van der Waals surface area contributed by atoms with Gasteiger partial charge in [-0.15, -0.1) is 0 Å². The van der Waals surface area contributed by atoms with Crippen LogP contribution in [0.2, 0.25) is 0 Å². The molecule has 2 aromatic rings. The third kappa shape index (κ3) is 7.63. The van der Waals surface area contributed by atoms with Gasteiger partial charge >= 0.3 is 16.1 Å². The van der Waals surface area contributed by atoms with E-state index in [1.807, 2.05) is 0 Å². The molecule has 0 aromatic carbocycles. The number of fused-ring (bicyclic) bond motifs is 1. The minimum Gasteiger partial charge on any atom is -0.382 e. The summed E-state index contributed by atoms with van der Waals surface area (Å²) in [6.07, 6.45) is 3.53. The maximum atomic E-state index is 11.9. The van der Waals surface area contributed by atoms with Crippen LogP contribution in [0, 0.1) is 0 Å². The molecule has 3 rings (SSSR count). The minimum atomic E-state index is -4.73. The molecule has 2 aromatic heterocycles. The second kappa shape index (κ2) is 12.0. The fourth-order valence-corrected chi connectivity index (χ4v) is 7.25. The SMILES string of the molecule is CCCC(C)(C)SSCO[C@@H]1C[C@H](n2cnc3c(N)ncnc32)O[C@@H]1COP(=O)(O)O[PH](=O)O. The molecule has 0 spiro atoms. The van der Waals surface area contributed by atoms with Crippen molar-refractivity contribution in [2.75, 3.05) is 18.3 Å². The Bertz CT molecular complexity index is 1040. The van der Waals surface area contributed by atoms with E-state index in [1.54, 1.807) is 26.2 Å². The molecule has 0 radical (unpaired) electrons. The highest BCUT2D eigenvalue weighted by Crippen LogP contribution is 2.51. The van der Waals surface area contributed by atoms with E-state index >= 15 is 0 Å². The van der Waals surface area contributed by atoms with Crippen molar-refractivity contribution in [2.24, 2.45) is 0 Å². The zero-order valence-corrected chi connectivity index (χ0v) is 22.4. The van der Waals surface area contributed by atoms with E-state index < -0.39 is 41.1 Å². The van der Waals surface area contributed by atoms with Crippen molar-refractivity contribution < 1.29 is 37.2 Å². The molecule has 0 bridgehead atoms. The molecule has 0 saturated carbocycles. The van der Waals surface area contributed by atoms with Gasteiger partial charge in [-0.2, -0.15) is 0 Å². The quantitative estimate of drug-likeness (QED) is 0.141. The molecular weight excluding hydrogens is 528 g/mol. The largest absolute Gasteiger partial charge is 0.479 e. The first-order valence-corrected chi connectivity index (χ1v) is 15.5. The first kappa shape index (κ1) is 27.9. The molecule has 1 saturated heterocycles. The summed E-state index contributed by atoms with van der Waals surface area (Å²) in [5.74, 6) is 0.585. The standard InChI is InChI=1S/C17H29N5O8P2S2/c1-4-5-17(2,3)34-33-10-27-11-6-13(22-9-21-14-15(18)19-8-20-16(14)22)29-12(11)7-28-32(25,26)30-31(23)24/h8-9,11-13,31H,4-7,10H2,1-3H3,(H,23,24)(H,25,26)(H2,18,19,20)/t11-,12-,13-/m1/s1. The Morgan fingerprint density at radius 3 is 2.88 bits per heavy atom. The number of hydrogen-bond donors (Lipinski definition) is 3. The van der Waals surface area contributed by atoms with Crippen LogP contribution in [-0.4, -0.2) is 58.8 Å². The topological polar surface area (TPSA) is 181 Å². The lowest BCUT2D eigenvalue weighted by atomic mass is 10.1. The number of ether oxygens (including phenoxy) is 2. The van der Waals surface area contributed by atoms with Crippen molar-refractivity contribution in [1.29, 1.82) is 0 Å². The average molecular weight is 558 g/mol. The van der Waals surface area contributed by atoms with E-state index in [-0.39, 0.29) is 10.6 Å². The van der Waals surface area contributed by atoms with Gasteiger partial charge in [0.2, 0.25) is 0 Å². The number of imidazole rings is 1. The van der Waals surface area contributed by atoms with Crippen molar-refractivity contribution in [2.45, 2.75) is 63.2 Å². The number of nitrogens with two attached hydrogens (primary N) is 1. The number of anilines is 1. The lowest BCUT2D eigenvalue weighted by molar-refractivity contribution is -0.0519. The molecule has 192 valence electrons. The fraction of sp³-hybridized carbons (Fsp3) is 0.706. The van der Waals surface area contributed by atoms with Crippen LogP contribution in [0.5, 0.6) is 0 Å². The Labute approximate surface area is 205 Å². The smallest absolute Gasteiger partial charge is 0.382 e. The molecular formula is C17H29N5O8P2S2. The number of nitrogens with zero attached hydrogens (tertiary/aromatic N) is 4. The van der Waals surface area contributed by atoms with Crippen molar-refractivity contribution in [3.8, 4) is 0 Å². The van der Waals surface area contributed by atoms with Crippen LogP contribution >= 0.6 is 37.7 Å². The van der Waals surface area contributed by atoms with Crippen LogP contribution in [0.25, 0.3) is 11.2 Å². The molecule has 3 heterocycles. The highest BCUT2D eigenvalue weighted by atomic mass is 33.1. The van der Waals surface area contributed by atoms with Gasteiger partial charge in [0, 0.05) is 11.2 Å². The van der Waals surface area contributed by atoms with Crippen molar-refractivity contribution in [3.63, 3.8) is 0 Å². The Balaban J connectivity index is 1.69. The number of phosphoric acid groups is 1. The number of nitrogen functional groups attached to an aromatic ring is 1. The van der Waals surface area contributed by atoms with Gasteiger partial charge in [-0.25, -0.2) is 23.8 Å². The molecule has 1 fully saturated rings. The summed E-state index contributed by atoms with van der Waals surface area (Å²) in [5.41, 5.74) is 6.76. The summed E-state index contributed by atoms with van der Waals surface area (Å²) >= 11 is 0. The Hall–Kier alpha value is -0.730. The molecule has 0 aliphatic carbocycles. The summed E-state index contributed by atoms with van der Waals surface area (Å²) in [5, 5.41) is 0. The summed E-state index contributed by atoms with van der Waals surface area (Å²) in [6, 6.07) is 0. The minimum absolute atomic E-state index is 0.0955. The number of aromatic nitrogens is 4. The molecule has 1 aliphatic heterocycles. The Kier molecular flexibility index (Phi) is 9.83. The highest BCUT2D eigenvalue weighted by molar-refractivity contribution is 8.77. The lowest BCUT2D eigenvalue weighted by Crippen LogP contribution is -2.29. The second-order valence-electron chi connectivity index (χ2n) is 8.10. The lowest BCUT2D eigenvalue weighted by Gasteiger charge is -2.23. The summed E-state index contributed by atoms with van der Waals surface area (Å²) in [7, 11) is -5.11. The Morgan fingerprint density at radius 1 is 1.41 bits per heavy atom. The van der Waals surface area contributed by atoms with Crippen LogP contribution in [0.4, 0.5) is 5.82 Å². The molecule has 4 N–H and O–H groups in total. The van der Waals surface area contributed by atoms with Crippen LogP contribution in [0.3, 0.4) is 0 Å². The predicted octanol–water partition coefficient (Wildman–Crippen LogP) is 3.51. The fourth-order valence-electron chi connectivity index (χ4n) is 3.51. The van der Waals surface area contributed by atoms with Gasteiger partial charge in [0.25, 0.3) is 0 Å². The molecule has 13 nitrogen and oxygen atoms in total. The normalized spacial score (nSPS) is 23.9. The van der Waals surface area contributed by atoms with Crippen LogP contribution in [0.15, 0.2) is 12.7 Å². The van der Waals surface area contributed by atoms with Gasteiger partial charge in [-0.1, -0.05) is 34.9 Å². The first-order valence-electron chi connectivity index (χ1n) is 10.4. The second-order valence-corrected chi connectivity index (χ2v) is 13.5. The maximum Gasteiger partial charge on any atom is 0.479 e. The zero-order valence-electron chi connectivity index (χ0n) is 18.9. The van der Waals surface area contributed by atoms with Gasteiger partial charge in [0.15, 0.2) is 11.5 Å². The van der Waals surface area contributed by atoms with Crippen LogP contribution in [0.1, 0.15) is 46.3 Å². The van der Waals surface area contributed by atoms with Crippen molar-refractivity contribution in [1.82, 2.24) is 19.5 Å². The summed E-state index contributed by atoms with van der Waals surface area (Å²) < 4.78 is 45.5. The zero-order chi connectivity index (χ0) is 24.9. The van der Waals surface area contributed by atoms with E-state index in [0.717, 1.165) is 12.8 Å². The predicted molar refractivity (Wildman–Crippen MR) is 130 cm³/mol. The molecule has 1 aliphatic rings. The molecule has 5 atom stereocenters. The number of rotatable bonds is 13. The molecule has 34 heavy (non-hydrogen) atoms. The number of phosphoric ester groups is 1. The van der Waals surface area contributed by atoms with E-state index in [2.05, 4.69) is 40.0 Å². The maximum absolute atomic E-state index is 11.9. The third-order valence-electron chi connectivity index (χ3n) is 4.94. The van der Waals surface area contributed by atoms with Crippen molar-refractivity contribution >= 4 is 54.6 Å². The molecule has 2 unspecified atom stereocenters. The van der Waals surface area contributed by atoms with E-state index in [0.29, 0.717) is 23.5 Å². The van der Waals surface area contributed by atoms with Gasteiger partial charge in [-0.05, 0) is 20.3 Å². The van der Waals surface area contributed by atoms with E-state index in [4.69, 9.17) is 24.6 Å². The molecule has 17 heteroatoms. The van der Waals surface area contributed by atoms with Crippen LogP contribution in [-0.2, 0) is 27.4 Å². The first-order chi connectivity index (χ1) is 16.0. The van der Waals surface area contributed by atoms with Gasteiger partial charge in [0.1, 0.15) is 30.1 Å². The summed E-state index contributed by atoms with van der Waals surface area (Å²) in [4.78, 5) is 30.8. The third-order valence-corrected chi connectivity index (χ3v) is 9.96. The van der Waals surface area contributed by atoms with Crippen LogP contribution < -0.4 is 5.73 Å².